The monoisotopic (exact) mass is 377 g/mol. The number of carbonyl (C=O) groups excluding carboxylic acids is 2. The first-order valence-corrected chi connectivity index (χ1v) is 9.56. The minimum Gasteiger partial charge on any atom is -0.451 e. The van der Waals surface area contributed by atoms with E-state index in [1.54, 1.807) is 6.92 Å². The summed E-state index contributed by atoms with van der Waals surface area (Å²) in [4.78, 5) is 29.1. The number of likely N-dealkylation sites (N-methyl/N-ethyl adjacent to an activating group) is 1. The Morgan fingerprint density at radius 1 is 1.26 bits per heavy atom. The molecule has 1 N–H and O–H groups in total. The molecule has 0 bridgehead atoms. The summed E-state index contributed by atoms with van der Waals surface area (Å²) in [5.74, 6) is -0.691. The highest BCUT2D eigenvalue weighted by Gasteiger charge is 2.29. The molecule has 1 amide bonds. The number of hydrogen-bond donors (Lipinski definition) is 1. The van der Waals surface area contributed by atoms with Gasteiger partial charge in [-0.15, -0.1) is 0 Å². The van der Waals surface area contributed by atoms with Crippen molar-refractivity contribution in [3.63, 3.8) is 0 Å². The van der Waals surface area contributed by atoms with Gasteiger partial charge in [-0.2, -0.15) is 0 Å². The van der Waals surface area contributed by atoms with Gasteiger partial charge in [0.25, 0.3) is 5.91 Å². The Labute approximate surface area is 161 Å². The molecule has 2 rings (SSSR count). The lowest BCUT2D eigenvalue weighted by atomic mass is 10.1. The molecule has 1 aromatic carbocycles. The number of rotatable bonds is 9. The Morgan fingerprint density at radius 2 is 1.93 bits per heavy atom. The van der Waals surface area contributed by atoms with Crippen LogP contribution in [0.2, 0.25) is 0 Å². The van der Waals surface area contributed by atoms with E-state index < -0.39 is 18.1 Å². The molecule has 0 radical (unpaired) electrons. The molecule has 0 spiro atoms. The van der Waals surface area contributed by atoms with Gasteiger partial charge in [0.15, 0.2) is 6.10 Å². The lowest BCUT2D eigenvalue weighted by Crippen LogP contribution is -2.44. The second-order valence-corrected chi connectivity index (χ2v) is 6.71. The normalized spacial score (nSPS) is 17.3. The molecule has 27 heavy (non-hydrogen) atoms. The van der Waals surface area contributed by atoms with Crippen LogP contribution in [0.15, 0.2) is 30.3 Å². The van der Waals surface area contributed by atoms with Crippen LogP contribution in [0.3, 0.4) is 0 Å². The van der Waals surface area contributed by atoms with Gasteiger partial charge in [0.1, 0.15) is 6.04 Å². The Hall–Kier alpha value is -1.96. The second-order valence-electron chi connectivity index (χ2n) is 6.71. The molecule has 1 heterocycles. The summed E-state index contributed by atoms with van der Waals surface area (Å²) < 4.78 is 10.8. The molecular formula is C20H31N3O4. The number of amides is 1. The fourth-order valence-corrected chi connectivity index (χ4v) is 2.99. The van der Waals surface area contributed by atoms with Gasteiger partial charge in [-0.1, -0.05) is 37.3 Å². The van der Waals surface area contributed by atoms with Crippen LogP contribution in [0.4, 0.5) is 0 Å². The van der Waals surface area contributed by atoms with Crippen LogP contribution in [0.25, 0.3) is 0 Å². The molecule has 1 aliphatic heterocycles. The van der Waals surface area contributed by atoms with Gasteiger partial charge in [0.2, 0.25) is 0 Å². The van der Waals surface area contributed by atoms with E-state index in [1.165, 1.54) is 0 Å². The number of nitrogens with zero attached hydrogens (tertiary/aromatic N) is 2. The molecule has 0 aromatic heterocycles. The fourth-order valence-electron chi connectivity index (χ4n) is 2.99. The van der Waals surface area contributed by atoms with Crippen molar-refractivity contribution in [1.82, 2.24) is 15.1 Å². The molecule has 1 fully saturated rings. The van der Waals surface area contributed by atoms with Crippen LogP contribution in [-0.2, 0) is 19.1 Å². The Bertz CT molecular complexity index is 590. The number of carbonyl (C=O) groups is 2. The Kier molecular flexibility index (Phi) is 8.71. The number of benzene rings is 1. The third kappa shape index (κ3) is 6.61. The van der Waals surface area contributed by atoms with Crippen molar-refractivity contribution in [2.75, 3.05) is 53.0 Å². The first-order valence-electron chi connectivity index (χ1n) is 9.56. The van der Waals surface area contributed by atoms with Gasteiger partial charge >= 0.3 is 5.97 Å². The van der Waals surface area contributed by atoms with Gasteiger partial charge in [-0.05, 0) is 26.1 Å². The molecule has 0 unspecified atom stereocenters. The average molecular weight is 377 g/mol. The molecule has 7 heteroatoms. The Morgan fingerprint density at radius 3 is 2.56 bits per heavy atom. The molecule has 2 atom stereocenters. The highest BCUT2D eigenvalue weighted by molar-refractivity contribution is 5.85. The smallest absolute Gasteiger partial charge is 0.328 e. The van der Waals surface area contributed by atoms with Gasteiger partial charge in [0.05, 0.1) is 13.2 Å². The van der Waals surface area contributed by atoms with Crippen molar-refractivity contribution in [3.8, 4) is 0 Å². The van der Waals surface area contributed by atoms with E-state index in [1.807, 2.05) is 49.2 Å². The summed E-state index contributed by atoms with van der Waals surface area (Å²) in [6.07, 6.45) is -0.835. The highest BCUT2D eigenvalue weighted by atomic mass is 16.5. The average Bonchev–Trinajstić information content (AvgIpc) is 2.69. The molecule has 1 saturated heterocycles. The highest BCUT2D eigenvalue weighted by Crippen LogP contribution is 2.21. The third-order valence-corrected chi connectivity index (χ3v) is 4.77. The summed E-state index contributed by atoms with van der Waals surface area (Å²) in [5, 5.41) is 2.84. The second kappa shape index (κ2) is 11.0. The van der Waals surface area contributed by atoms with E-state index in [0.29, 0.717) is 13.1 Å². The molecular weight excluding hydrogens is 346 g/mol. The molecule has 0 saturated carbocycles. The zero-order valence-corrected chi connectivity index (χ0v) is 16.5. The fraction of sp³-hybridized carbons (Fsp3) is 0.600. The van der Waals surface area contributed by atoms with Crippen molar-refractivity contribution in [2.45, 2.75) is 26.0 Å². The maximum Gasteiger partial charge on any atom is 0.328 e. The predicted molar refractivity (Wildman–Crippen MR) is 103 cm³/mol. The largest absolute Gasteiger partial charge is 0.451 e. The van der Waals surface area contributed by atoms with Gasteiger partial charge in [-0.25, -0.2) is 4.79 Å². The molecule has 7 nitrogen and oxygen atoms in total. The summed E-state index contributed by atoms with van der Waals surface area (Å²) in [6.45, 7) is 8.78. The van der Waals surface area contributed by atoms with Crippen LogP contribution in [0.1, 0.15) is 25.5 Å². The maximum absolute atomic E-state index is 12.7. The van der Waals surface area contributed by atoms with Crippen LogP contribution in [0, 0.1) is 0 Å². The summed E-state index contributed by atoms with van der Waals surface area (Å²) >= 11 is 0. The van der Waals surface area contributed by atoms with E-state index in [0.717, 1.165) is 38.4 Å². The quantitative estimate of drug-likeness (QED) is 0.649. The summed E-state index contributed by atoms with van der Waals surface area (Å²) in [6, 6.07) is 8.94. The lowest BCUT2D eigenvalue weighted by Gasteiger charge is -2.27. The van der Waals surface area contributed by atoms with Crippen molar-refractivity contribution < 1.29 is 19.1 Å². The van der Waals surface area contributed by atoms with Crippen molar-refractivity contribution in [2.24, 2.45) is 0 Å². The van der Waals surface area contributed by atoms with Crippen LogP contribution in [0.5, 0.6) is 0 Å². The number of ether oxygens (including phenoxy) is 2. The van der Waals surface area contributed by atoms with Gasteiger partial charge in [-0.3, -0.25) is 14.6 Å². The number of esters is 1. The zero-order chi connectivity index (χ0) is 19.6. The van der Waals surface area contributed by atoms with E-state index in [9.17, 15) is 9.59 Å². The topological polar surface area (TPSA) is 71.1 Å². The van der Waals surface area contributed by atoms with E-state index >= 15 is 0 Å². The summed E-state index contributed by atoms with van der Waals surface area (Å²) in [7, 11) is 1.87. The number of hydrogen-bond acceptors (Lipinski definition) is 6. The third-order valence-electron chi connectivity index (χ3n) is 4.77. The van der Waals surface area contributed by atoms with E-state index in [2.05, 4.69) is 10.2 Å². The van der Waals surface area contributed by atoms with Crippen molar-refractivity contribution >= 4 is 11.9 Å². The molecule has 1 aromatic rings. The minimum atomic E-state index is -0.835. The standard InChI is InChI=1S/C20H31N3O4/c1-4-22(3)18(17-8-6-5-7-9-17)20(25)27-16(2)19(24)21-10-11-23-12-14-26-15-13-23/h5-9,16,18H,4,10-15H2,1-3H3,(H,21,24)/t16-,18+/m0/s1. The Balaban J connectivity index is 1.85. The molecule has 150 valence electrons. The SMILES string of the molecule is CCN(C)[C@@H](C(=O)O[C@@H](C)C(=O)NCCN1CCOCC1)c1ccccc1. The molecule has 0 aliphatic carbocycles. The number of morpholine rings is 1. The van der Waals surface area contributed by atoms with E-state index in [4.69, 9.17) is 9.47 Å². The number of nitrogens with one attached hydrogen (secondary N) is 1. The lowest BCUT2D eigenvalue weighted by molar-refractivity contribution is -0.159. The molecule has 1 aliphatic rings. The van der Waals surface area contributed by atoms with E-state index in [-0.39, 0.29) is 5.91 Å². The first kappa shape index (κ1) is 21.3. The summed E-state index contributed by atoms with van der Waals surface area (Å²) in [5.41, 5.74) is 0.853. The van der Waals surface area contributed by atoms with Gasteiger partial charge < -0.3 is 14.8 Å². The van der Waals surface area contributed by atoms with Crippen LogP contribution >= 0.6 is 0 Å². The minimum absolute atomic E-state index is 0.275. The van der Waals surface area contributed by atoms with Crippen LogP contribution in [-0.4, -0.2) is 80.8 Å². The first-order chi connectivity index (χ1) is 13.0. The predicted octanol–water partition coefficient (Wildman–Crippen LogP) is 1.06. The van der Waals surface area contributed by atoms with Crippen molar-refractivity contribution in [3.05, 3.63) is 35.9 Å². The zero-order valence-electron chi connectivity index (χ0n) is 16.5. The van der Waals surface area contributed by atoms with Crippen LogP contribution < -0.4 is 5.32 Å². The van der Waals surface area contributed by atoms with Gasteiger partial charge in [0, 0.05) is 26.2 Å². The van der Waals surface area contributed by atoms with Crippen molar-refractivity contribution in [1.29, 1.82) is 0 Å². The maximum atomic E-state index is 12.7.